The second kappa shape index (κ2) is 5.83. The van der Waals surface area contributed by atoms with Crippen LogP contribution in [0.5, 0.6) is 5.75 Å². The molecule has 0 radical (unpaired) electrons. The molecule has 2 aromatic rings. The number of benzene rings is 2. The first-order valence-corrected chi connectivity index (χ1v) is 7.08. The molecular formula is C18H17NO2. The molecule has 0 spiro atoms. The van der Waals surface area contributed by atoms with Crippen LogP contribution in [0.2, 0.25) is 0 Å². The zero-order chi connectivity index (χ0) is 14.7. The molecule has 0 unspecified atom stereocenters. The number of fused-ring (bicyclic) bond motifs is 1. The standard InChI is InChI=1S/C18H17NO2/c19-14-7-4-9-16(11-14)21-18-12-15(20)8-3-6-13-5-1-2-10-17(13)18/h1-2,4-5,7,9-12H,3,6,8,19H2. The first kappa shape index (κ1) is 13.4. The van der Waals surface area contributed by atoms with E-state index in [2.05, 4.69) is 6.07 Å². The fraction of sp³-hybridized carbons (Fsp3) is 0.167. The molecule has 3 rings (SSSR count). The highest BCUT2D eigenvalue weighted by Crippen LogP contribution is 2.27. The number of nitrogens with two attached hydrogens (primary N) is 1. The Morgan fingerprint density at radius 3 is 2.71 bits per heavy atom. The fourth-order valence-electron chi connectivity index (χ4n) is 2.52. The quantitative estimate of drug-likeness (QED) is 0.855. The van der Waals surface area contributed by atoms with Gasteiger partial charge in [0.1, 0.15) is 11.5 Å². The summed E-state index contributed by atoms with van der Waals surface area (Å²) < 4.78 is 5.93. The number of anilines is 1. The normalized spacial score (nSPS) is 14.7. The average molecular weight is 279 g/mol. The summed E-state index contributed by atoms with van der Waals surface area (Å²) in [6.07, 6.45) is 3.91. The minimum absolute atomic E-state index is 0.100. The summed E-state index contributed by atoms with van der Waals surface area (Å²) in [7, 11) is 0. The van der Waals surface area contributed by atoms with Gasteiger partial charge in [-0.25, -0.2) is 0 Å². The Hall–Kier alpha value is -2.55. The Balaban J connectivity index is 2.01. The van der Waals surface area contributed by atoms with Crippen LogP contribution in [0.25, 0.3) is 5.76 Å². The number of carbonyl (C=O) groups excluding carboxylic acids is 1. The molecule has 0 aromatic heterocycles. The predicted octanol–water partition coefficient (Wildman–Crippen LogP) is 3.59. The van der Waals surface area contributed by atoms with E-state index in [4.69, 9.17) is 10.5 Å². The maximum absolute atomic E-state index is 11.9. The minimum Gasteiger partial charge on any atom is -0.457 e. The third-order valence-electron chi connectivity index (χ3n) is 3.53. The number of aryl methyl sites for hydroxylation is 1. The molecule has 0 bridgehead atoms. The van der Waals surface area contributed by atoms with Crippen LogP contribution in [0.1, 0.15) is 24.0 Å². The van der Waals surface area contributed by atoms with E-state index in [0.29, 0.717) is 23.6 Å². The number of ether oxygens (including phenoxy) is 1. The van der Waals surface area contributed by atoms with Crippen LogP contribution in [-0.2, 0) is 11.2 Å². The number of allylic oxidation sites excluding steroid dienone is 1. The number of ketones is 1. The summed E-state index contributed by atoms with van der Waals surface area (Å²) in [5.41, 5.74) is 8.60. The highest BCUT2D eigenvalue weighted by molar-refractivity contribution is 5.96. The molecule has 106 valence electrons. The molecule has 3 heteroatoms. The number of hydrogen-bond donors (Lipinski definition) is 1. The maximum Gasteiger partial charge on any atom is 0.159 e. The number of rotatable bonds is 2. The van der Waals surface area contributed by atoms with Gasteiger partial charge in [-0.1, -0.05) is 30.3 Å². The van der Waals surface area contributed by atoms with E-state index in [1.807, 2.05) is 30.3 Å². The molecule has 0 saturated carbocycles. The third-order valence-corrected chi connectivity index (χ3v) is 3.53. The highest BCUT2D eigenvalue weighted by atomic mass is 16.5. The van der Waals surface area contributed by atoms with Gasteiger partial charge in [-0.05, 0) is 30.5 Å². The van der Waals surface area contributed by atoms with Crippen LogP contribution >= 0.6 is 0 Å². The van der Waals surface area contributed by atoms with E-state index < -0.39 is 0 Å². The first-order valence-electron chi connectivity index (χ1n) is 7.08. The fourth-order valence-corrected chi connectivity index (χ4v) is 2.52. The van der Waals surface area contributed by atoms with Crippen molar-refractivity contribution < 1.29 is 9.53 Å². The van der Waals surface area contributed by atoms with Crippen molar-refractivity contribution >= 4 is 17.2 Å². The Morgan fingerprint density at radius 1 is 1.00 bits per heavy atom. The summed E-state index contributed by atoms with van der Waals surface area (Å²) in [6, 6.07) is 15.3. The predicted molar refractivity (Wildman–Crippen MR) is 83.8 cm³/mol. The smallest absolute Gasteiger partial charge is 0.159 e. The Kier molecular flexibility index (Phi) is 3.73. The Bertz CT molecular complexity index is 704. The van der Waals surface area contributed by atoms with Gasteiger partial charge >= 0.3 is 0 Å². The van der Waals surface area contributed by atoms with Crippen molar-refractivity contribution in [2.45, 2.75) is 19.3 Å². The van der Waals surface area contributed by atoms with Crippen LogP contribution in [-0.4, -0.2) is 5.78 Å². The number of nitrogen functional groups attached to an aromatic ring is 1. The molecular weight excluding hydrogens is 262 g/mol. The van der Waals surface area contributed by atoms with Gasteiger partial charge in [0, 0.05) is 29.8 Å². The molecule has 2 aromatic carbocycles. The van der Waals surface area contributed by atoms with Crippen molar-refractivity contribution in [3.05, 3.63) is 65.7 Å². The van der Waals surface area contributed by atoms with Crippen molar-refractivity contribution in [1.29, 1.82) is 0 Å². The number of carbonyl (C=O) groups is 1. The van der Waals surface area contributed by atoms with Gasteiger partial charge in [0.15, 0.2) is 5.78 Å². The van der Waals surface area contributed by atoms with Gasteiger partial charge in [0.2, 0.25) is 0 Å². The van der Waals surface area contributed by atoms with E-state index >= 15 is 0 Å². The Morgan fingerprint density at radius 2 is 1.86 bits per heavy atom. The second-order valence-corrected chi connectivity index (χ2v) is 5.16. The maximum atomic E-state index is 11.9. The molecule has 21 heavy (non-hydrogen) atoms. The zero-order valence-corrected chi connectivity index (χ0v) is 11.7. The van der Waals surface area contributed by atoms with Crippen LogP contribution in [0.3, 0.4) is 0 Å². The van der Waals surface area contributed by atoms with E-state index in [1.54, 1.807) is 18.2 Å². The lowest BCUT2D eigenvalue weighted by molar-refractivity contribution is -0.114. The first-order chi connectivity index (χ1) is 10.2. The number of hydrogen-bond acceptors (Lipinski definition) is 3. The summed E-state index contributed by atoms with van der Waals surface area (Å²) in [5, 5.41) is 0. The molecule has 0 heterocycles. The van der Waals surface area contributed by atoms with E-state index in [0.717, 1.165) is 18.4 Å². The lowest BCUT2D eigenvalue weighted by atomic mass is 9.96. The van der Waals surface area contributed by atoms with Crippen molar-refractivity contribution in [2.75, 3.05) is 5.73 Å². The van der Waals surface area contributed by atoms with Gasteiger partial charge < -0.3 is 10.5 Å². The average Bonchev–Trinajstić information content (AvgIpc) is 2.45. The van der Waals surface area contributed by atoms with Crippen LogP contribution in [0.15, 0.2) is 54.6 Å². The minimum atomic E-state index is 0.100. The second-order valence-electron chi connectivity index (χ2n) is 5.16. The highest BCUT2D eigenvalue weighted by Gasteiger charge is 2.15. The zero-order valence-electron chi connectivity index (χ0n) is 11.7. The van der Waals surface area contributed by atoms with Crippen LogP contribution < -0.4 is 10.5 Å². The largest absolute Gasteiger partial charge is 0.457 e. The van der Waals surface area contributed by atoms with Gasteiger partial charge in [0.05, 0.1) is 0 Å². The summed E-state index contributed by atoms with van der Waals surface area (Å²) >= 11 is 0. The van der Waals surface area contributed by atoms with Crippen molar-refractivity contribution in [3.8, 4) is 5.75 Å². The summed E-state index contributed by atoms with van der Waals surface area (Å²) in [4.78, 5) is 11.9. The molecule has 3 nitrogen and oxygen atoms in total. The van der Waals surface area contributed by atoms with Crippen LogP contribution in [0, 0.1) is 0 Å². The molecule has 0 aliphatic heterocycles. The van der Waals surface area contributed by atoms with E-state index in [1.165, 1.54) is 5.56 Å². The SMILES string of the molecule is Nc1cccc(OC2=CC(=O)CCCc3ccccc32)c1. The van der Waals surface area contributed by atoms with Gasteiger partial charge in [-0.2, -0.15) is 0 Å². The summed E-state index contributed by atoms with van der Waals surface area (Å²) in [6.45, 7) is 0. The van der Waals surface area contributed by atoms with E-state index in [-0.39, 0.29) is 5.78 Å². The summed E-state index contributed by atoms with van der Waals surface area (Å²) in [5.74, 6) is 1.34. The molecule has 1 aliphatic rings. The molecule has 0 amide bonds. The van der Waals surface area contributed by atoms with Crippen molar-refractivity contribution in [2.24, 2.45) is 0 Å². The lowest BCUT2D eigenvalue weighted by Gasteiger charge is -2.16. The topological polar surface area (TPSA) is 52.3 Å². The lowest BCUT2D eigenvalue weighted by Crippen LogP contribution is -2.07. The molecule has 0 fully saturated rings. The molecule has 0 atom stereocenters. The van der Waals surface area contributed by atoms with Gasteiger partial charge in [-0.15, -0.1) is 0 Å². The Labute approximate surface area is 124 Å². The monoisotopic (exact) mass is 279 g/mol. The molecule has 1 aliphatic carbocycles. The van der Waals surface area contributed by atoms with E-state index in [9.17, 15) is 4.79 Å². The third kappa shape index (κ3) is 3.14. The molecule has 0 saturated heterocycles. The van der Waals surface area contributed by atoms with Gasteiger partial charge in [-0.3, -0.25) is 4.79 Å². The van der Waals surface area contributed by atoms with Crippen LogP contribution in [0.4, 0.5) is 5.69 Å². The molecule has 2 N–H and O–H groups in total. The van der Waals surface area contributed by atoms with Crippen molar-refractivity contribution in [1.82, 2.24) is 0 Å². The van der Waals surface area contributed by atoms with Crippen molar-refractivity contribution in [3.63, 3.8) is 0 Å². The van der Waals surface area contributed by atoms with Gasteiger partial charge in [0.25, 0.3) is 0 Å².